The van der Waals surface area contributed by atoms with Gasteiger partial charge in [-0.25, -0.2) is 0 Å². The van der Waals surface area contributed by atoms with Gasteiger partial charge in [0.05, 0.1) is 6.54 Å². The second-order valence-corrected chi connectivity index (χ2v) is 6.25. The fourth-order valence-electron chi connectivity index (χ4n) is 2.79. The van der Waals surface area contributed by atoms with E-state index in [2.05, 4.69) is 34.9 Å². The summed E-state index contributed by atoms with van der Waals surface area (Å²) in [6.07, 6.45) is 2.61. The monoisotopic (exact) mass is 308 g/mol. The second-order valence-electron chi connectivity index (χ2n) is 6.25. The summed E-state index contributed by atoms with van der Waals surface area (Å²) < 4.78 is 0. The van der Waals surface area contributed by atoms with Crippen LogP contribution in [0.5, 0.6) is 0 Å². The SMILES string of the molecule is O=C(CNCC1CC1)NCC(c1ccccc1)c1ccccc1. The Kier molecular flexibility index (Phi) is 5.43. The van der Waals surface area contributed by atoms with Crippen LogP contribution in [0.4, 0.5) is 0 Å². The first-order chi connectivity index (χ1) is 11.3. The van der Waals surface area contributed by atoms with Gasteiger partial charge in [0.15, 0.2) is 0 Å². The van der Waals surface area contributed by atoms with E-state index < -0.39 is 0 Å². The Hall–Kier alpha value is -2.13. The van der Waals surface area contributed by atoms with Gasteiger partial charge in [-0.05, 0) is 36.4 Å². The summed E-state index contributed by atoms with van der Waals surface area (Å²) in [6, 6.07) is 20.7. The number of carbonyl (C=O) groups is 1. The zero-order chi connectivity index (χ0) is 15.9. The zero-order valence-corrected chi connectivity index (χ0v) is 13.4. The third-order valence-corrected chi connectivity index (χ3v) is 4.32. The Morgan fingerprint density at radius 1 is 0.957 bits per heavy atom. The van der Waals surface area contributed by atoms with Gasteiger partial charge in [-0.3, -0.25) is 4.79 Å². The van der Waals surface area contributed by atoms with Gasteiger partial charge >= 0.3 is 0 Å². The third kappa shape index (κ3) is 4.93. The molecule has 1 aliphatic carbocycles. The Bertz CT molecular complexity index is 569. The molecule has 2 aromatic rings. The molecule has 0 saturated heterocycles. The fraction of sp³-hybridized carbons (Fsp3) is 0.350. The number of benzene rings is 2. The Morgan fingerprint density at radius 2 is 1.52 bits per heavy atom. The first-order valence-electron chi connectivity index (χ1n) is 8.40. The molecule has 3 heteroatoms. The van der Waals surface area contributed by atoms with E-state index in [1.54, 1.807) is 0 Å². The number of rotatable bonds is 8. The van der Waals surface area contributed by atoms with Gasteiger partial charge in [0.2, 0.25) is 5.91 Å². The average Bonchev–Trinajstić information content (AvgIpc) is 3.41. The van der Waals surface area contributed by atoms with Crippen LogP contribution in [0.15, 0.2) is 60.7 Å². The van der Waals surface area contributed by atoms with Crippen LogP contribution < -0.4 is 10.6 Å². The minimum absolute atomic E-state index is 0.0718. The van der Waals surface area contributed by atoms with Crippen molar-refractivity contribution >= 4 is 5.91 Å². The van der Waals surface area contributed by atoms with E-state index >= 15 is 0 Å². The van der Waals surface area contributed by atoms with Gasteiger partial charge < -0.3 is 10.6 Å². The third-order valence-electron chi connectivity index (χ3n) is 4.32. The van der Waals surface area contributed by atoms with Gasteiger partial charge in [-0.1, -0.05) is 60.7 Å². The fourth-order valence-corrected chi connectivity index (χ4v) is 2.79. The Labute approximate surface area is 138 Å². The highest BCUT2D eigenvalue weighted by molar-refractivity contribution is 5.78. The van der Waals surface area contributed by atoms with E-state index in [4.69, 9.17) is 0 Å². The van der Waals surface area contributed by atoms with E-state index in [9.17, 15) is 4.79 Å². The van der Waals surface area contributed by atoms with Crippen LogP contribution in [-0.2, 0) is 4.79 Å². The van der Waals surface area contributed by atoms with E-state index in [0.29, 0.717) is 13.1 Å². The lowest BCUT2D eigenvalue weighted by Crippen LogP contribution is -2.37. The molecule has 0 heterocycles. The molecule has 1 amide bonds. The summed E-state index contributed by atoms with van der Waals surface area (Å²) in [7, 11) is 0. The van der Waals surface area contributed by atoms with Crippen LogP contribution in [0.2, 0.25) is 0 Å². The molecule has 120 valence electrons. The maximum atomic E-state index is 12.0. The van der Waals surface area contributed by atoms with Crippen LogP contribution >= 0.6 is 0 Å². The van der Waals surface area contributed by atoms with Crippen molar-refractivity contribution in [2.45, 2.75) is 18.8 Å². The van der Waals surface area contributed by atoms with Crippen molar-refractivity contribution in [2.75, 3.05) is 19.6 Å². The summed E-state index contributed by atoms with van der Waals surface area (Å²) in [5.74, 6) is 1.05. The van der Waals surface area contributed by atoms with Gasteiger partial charge in [-0.2, -0.15) is 0 Å². The van der Waals surface area contributed by atoms with Crippen molar-refractivity contribution in [3.63, 3.8) is 0 Å². The quantitative estimate of drug-likeness (QED) is 0.787. The molecule has 0 atom stereocenters. The minimum atomic E-state index is 0.0718. The first kappa shape index (κ1) is 15.8. The zero-order valence-electron chi connectivity index (χ0n) is 13.4. The molecule has 3 nitrogen and oxygen atoms in total. The standard InChI is InChI=1S/C20H24N2O/c23-20(15-21-13-16-11-12-16)22-14-19(17-7-3-1-4-8-17)18-9-5-2-6-10-18/h1-10,16,19,21H,11-15H2,(H,22,23). The highest BCUT2D eigenvalue weighted by Gasteiger charge is 2.20. The Morgan fingerprint density at radius 3 is 2.04 bits per heavy atom. The van der Waals surface area contributed by atoms with Crippen molar-refractivity contribution < 1.29 is 4.79 Å². The molecule has 2 aromatic carbocycles. The number of carbonyl (C=O) groups excluding carboxylic acids is 1. The molecule has 2 N–H and O–H groups in total. The number of amides is 1. The van der Waals surface area contributed by atoms with E-state index in [1.807, 2.05) is 36.4 Å². The Balaban J connectivity index is 1.58. The molecule has 0 unspecified atom stereocenters. The second kappa shape index (κ2) is 7.93. The lowest BCUT2D eigenvalue weighted by molar-refractivity contribution is -0.120. The first-order valence-corrected chi connectivity index (χ1v) is 8.40. The van der Waals surface area contributed by atoms with Gasteiger partial charge in [0.25, 0.3) is 0 Å². The van der Waals surface area contributed by atoms with Crippen LogP contribution in [0.25, 0.3) is 0 Å². The van der Waals surface area contributed by atoms with E-state index in [-0.39, 0.29) is 11.8 Å². The predicted molar refractivity (Wildman–Crippen MR) is 93.3 cm³/mol. The van der Waals surface area contributed by atoms with Gasteiger partial charge in [0.1, 0.15) is 0 Å². The van der Waals surface area contributed by atoms with Crippen LogP contribution in [0.1, 0.15) is 29.9 Å². The largest absolute Gasteiger partial charge is 0.354 e. The topological polar surface area (TPSA) is 41.1 Å². The van der Waals surface area contributed by atoms with Gasteiger partial charge in [-0.15, -0.1) is 0 Å². The summed E-state index contributed by atoms with van der Waals surface area (Å²) in [5.41, 5.74) is 2.45. The molecule has 1 saturated carbocycles. The van der Waals surface area contributed by atoms with Crippen LogP contribution in [0, 0.1) is 5.92 Å². The van der Waals surface area contributed by atoms with Crippen molar-refractivity contribution in [2.24, 2.45) is 5.92 Å². The number of hydrogen-bond donors (Lipinski definition) is 2. The predicted octanol–water partition coefficient (Wildman–Crippen LogP) is 2.93. The van der Waals surface area contributed by atoms with Crippen molar-refractivity contribution in [1.29, 1.82) is 0 Å². The number of nitrogens with one attached hydrogen (secondary N) is 2. The maximum absolute atomic E-state index is 12.0. The van der Waals surface area contributed by atoms with Crippen molar-refractivity contribution in [1.82, 2.24) is 10.6 Å². The highest BCUT2D eigenvalue weighted by atomic mass is 16.1. The molecule has 0 aliphatic heterocycles. The van der Waals surface area contributed by atoms with Crippen LogP contribution in [-0.4, -0.2) is 25.5 Å². The molecule has 0 bridgehead atoms. The van der Waals surface area contributed by atoms with Crippen LogP contribution in [0.3, 0.4) is 0 Å². The van der Waals surface area contributed by atoms with E-state index in [0.717, 1.165) is 12.5 Å². The number of hydrogen-bond acceptors (Lipinski definition) is 2. The molecular weight excluding hydrogens is 284 g/mol. The minimum Gasteiger partial charge on any atom is -0.354 e. The molecule has 1 aliphatic rings. The summed E-state index contributed by atoms with van der Waals surface area (Å²) >= 11 is 0. The lowest BCUT2D eigenvalue weighted by atomic mass is 9.91. The molecule has 3 rings (SSSR count). The molecule has 1 fully saturated rings. The van der Waals surface area contributed by atoms with Crippen molar-refractivity contribution in [3.8, 4) is 0 Å². The normalized spacial score (nSPS) is 14.0. The summed E-state index contributed by atoms with van der Waals surface area (Å²) in [6.45, 7) is 2.00. The molecule has 0 radical (unpaired) electrons. The summed E-state index contributed by atoms with van der Waals surface area (Å²) in [5, 5.41) is 6.31. The van der Waals surface area contributed by atoms with Gasteiger partial charge in [0, 0.05) is 12.5 Å². The molecule has 0 spiro atoms. The van der Waals surface area contributed by atoms with E-state index in [1.165, 1.54) is 24.0 Å². The maximum Gasteiger partial charge on any atom is 0.233 e. The summed E-state index contributed by atoms with van der Waals surface area (Å²) in [4.78, 5) is 12.0. The highest BCUT2D eigenvalue weighted by Crippen LogP contribution is 2.27. The molecular formula is C20H24N2O. The lowest BCUT2D eigenvalue weighted by Gasteiger charge is -2.19. The smallest absolute Gasteiger partial charge is 0.233 e. The molecule has 0 aromatic heterocycles. The van der Waals surface area contributed by atoms with Crippen molar-refractivity contribution in [3.05, 3.63) is 71.8 Å². The average molecular weight is 308 g/mol. The molecule has 23 heavy (non-hydrogen) atoms.